The van der Waals surface area contributed by atoms with E-state index >= 15 is 0 Å². The van der Waals surface area contributed by atoms with E-state index in [1.165, 1.54) is 0 Å². The van der Waals surface area contributed by atoms with Crippen molar-refractivity contribution in [3.8, 4) is 0 Å². The highest BCUT2D eigenvalue weighted by Gasteiger charge is 2.39. The van der Waals surface area contributed by atoms with Gasteiger partial charge in [0.1, 0.15) is 6.04 Å². The van der Waals surface area contributed by atoms with Crippen molar-refractivity contribution in [2.45, 2.75) is 39.3 Å². The number of likely N-dealkylation sites (tertiary alicyclic amines) is 1. The Balaban J connectivity index is 2.74. The molecule has 0 aliphatic carbocycles. The van der Waals surface area contributed by atoms with E-state index in [1.54, 1.807) is 0 Å². The highest BCUT2D eigenvalue weighted by molar-refractivity contribution is 5.74. The van der Waals surface area contributed by atoms with Crippen molar-refractivity contribution in [3.05, 3.63) is 0 Å². The van der Waals surface area contributed by atoms with E-state index in [1.807, 2.05) is 25.7 Å². The molecule has 0 saturated carbocycles. The number of carboxylic acids is 1. The summed E-state index contributed by atoms with van der Waals surface area (Å²) in [5.74, 6) is -0.799. The van der Waals surface area contributed by atoms with Crippen LogP contribution in [0, 0.1) is 5.41 Å². The van der Waals surface area contributed by atoms with Crippen molar-refractivity contribution in [3.63, 3.8) is 0 Å². The van der Waals surface area contributed by atoms with Gasteiger partial charge in [-0.15, -0.1) is 0 Å². The van der Waals surface area contributed by atoms with E-state index in [9.17, 15) is 9.90 Å². The van der Waals surface area contributed by atoms with Crippen molar-refractivity contribution in [1.82, 2.24) is 4.90 Å². The molecule has 1 saturated heterocycles. The minimum atomic E-state index is -0.799. The van der Waals surface area contributed by atoms with Gasteiger partial charge in [0.2, 0.25) is 0 Å². The average Bonchev–Trinajstić information content (AvgIpc) is 2.31. The number of hydrogen-bond donors (Lipinski definition) is 2. The summed E-state index contributed by atoms with van der Waals surface area (Å²) in [5.41, 5.74) is -0.296. The summed E-state index contributed by atoms with van der Waals surface area (Å²) < 4.78 is 0. The van der Waals surface area contributed by atoms with Crippen LogP contribution in [0.15, 0.2) is 0 Å². The third kappa shape index (κ3) is 2.45. The largest absolute Gasteiger partial charge is 0.480 e. The van der Waals surface area contributed by atoms with Crippen LogP contribution in [0.5, 0.6) is 0 Å². The zero-order valence-corrected chi connectivity index (χ0v) is 9.03. The summed E-state index contributed by atoms with van der Waals surface area (Å²) in [4.78, 5) is 13.0. The fourth-order valence-corrected chi connectivity index (χ4v) is 2.08. The van der Waals surface area contributed by atoms with Crippen LogP contribution >= 0.6 is 0 Å². The van der Waals surface area contributed by atoms with Gasteiger partial charge in [0.05, 0.1) is 6.10 Å². The van der Waals surface area contributed by atoms with E-state index in [-0.39, 0.29) is 11.5 Å². The van der Waals surface area contributed by atoms with Crippen LogP contribution in [0.4, 0.5) is 0 Å². The number of rotatable bonds is 2. The average molecular weight is 201 g/mol. The molecular formula is C10H19NO3. The summed E-state index contributed by atoms with van der Waals surface area (Å²) in [7, 11) is 0. The van der Waals surface area contributed by atoms with Crippen molar-refractivity contribution in [1.29, 1.82) is 0 Å². The number of nitrogens with zero attached hydrogens (tertiary/aromatic N) is 1. The number of hydrogen-bond acceptors (Lipinski definition) is 3. The quantitative estimate of drug-likeness (QED) is 0.685. The van der Waals surface area contributed by atoms with Crippen molar-refractivity contribution >= 4 is 5.97 Å². The van der Waals surface area contributed by atoms with Gasteiger partial charge in [-0.25, -0.2) is 0 Å². The summed E-state index contributed by atoms with van der Waals surface area (Å²) >= 11 is 0. The second kappa shape index (κ2) is 3.87. The molecule has 2 atom stereocenters. The molecule has 1 fully saturated rings. The lowest BCUT2D eigenvalue weighted by atomic mass is 9.86. The first-order valence-corrected chi connectivity index (χ1v) is 4.97. The summed E-state index contributed by atoms with van der Waals surface area (Å²) in [5, 5.41) is 18.5. The Morgan fingerprint density at radius 2 is 2.07 bits per heavy atom. The number of aliphatic carboxylic acids is 1. The second-order valence-corrected chi connectivity index (χ2v) is 5.04. The fourth-order valence-electron chi connectivity index (χ4n) is 2.08. The normalized spacial score (nSPS) is 26.4. The first-order valence-electron chi connectivity index (χ1n) is 4.97. The van der Waals surface area contributed by atoms with Crippen LogP contribution in [0.1, 0.15) is 27.2 Å². The van der Waals surface area contributed by atoms with Gasteiger partial charge in [-0.2, -0.15) is 0 Å². The molecule has 82 valence electrons. The van der Waals surface area contributed by atoms with Crippen molar-refractivity contribution in [2.75, 3.05) is 13.1 Å². The van der Waals surface area contributed by atoms with E-state index < -0.39 is 12.0 Å². The molecule has 2 unspecified atom stereocenters. The van der Waals surface area contributed by atoms with E-state index in [0.29, 0.717) is 19.5 Å². The number of aliphatic hydroxyl groups is 1. The Labute approximate surface area is 84.5 Å². The molecule has 1 rings (SSSR count). The molecule has 0 radical (unpaired) electrons. The van der Waals surface area contributed by atoms with Gasteiger partial charge in [-0.1, -0.05) is 20.8 Å². The number of carbonyl (C=O) groups is 1. The molecule has 0 amide bonds. The maximum absolute atomic E-state index is 11.1. The highest BCUT2D eigenvalue weighted by Crippen LogP contribution is 2.27. The monoisotopic (exact) mass is 201 g/mol. The van der Waals surface area contributed by atoms with E-state index in [2.05, 4.69) is 0 Å². The number of β-amino-alcohol motifs (C(OH)–C–C–N with tert-alkyl or cyclic N) is 1. The maximum Gasteiger partial charge on any atom is 0.321 e. The standard InChI is InChI=1S/C10H19NO3/c1-10(2,3)8(9(13)14)11-5-4-7(12)6-11/h7-8,12H,4-6H2,1-3H3,(H,13,14). The van der Waals surface area contributed by atoms with Crippen LogP contribution < -0.4 is 0 Å². The number of carboxylic acid groups (broad SMARTS) is 1. The lowest BCUT2D eigenvalue weighted by molar-refractivity contribution is -0.147. The third-order valence-electron chi connectivity index (χ3n) is 2.61. The molecule has 0 aromatic rings. The van der Waals surface area contributed by atoms with Gasteiger partial charge in [0, 0.05) is 13.1 Å². The zero-order chi connectivity index (χ0) is 10.9. The van der Waals surface area contributed by atoms with Gasteiger partial charge in [-0.05, 0) is 11.8 Å². The predicted molar refractivity (Wildman–Crippen MR) is 53.1 cm³/mol. The van der Waals surface area contributed by atoms with Crippen molar-refractivity contribution < 1.29 is 15.0 Å². The van der Waals surface area contributed by atoms with E-state index in [4.69, 9.17) is 5.11 Å². The topological polar surface area (TPSA) is 60.8 Å². The Morgan fingerprint density at radius 3 is 2.36 bits per heavy atom. The van der Waals surface area contributed by atoms with Gasteiger partial charge >= 0.3 is 5.97 Å². The zero-order valence-electron chi connectivity index (χ0n) is 9.03. The SMILES string of the molecule is CC(C)(C)C(C(=O)O)N1CCC(O)C1. The van der Waals surface area contributed by atoms with Crippen LogP contribution in [0.2, 0.25) is 0 Å². The van der Waals surface area contributed by atoms with Gasteiger partial charge in [-0.3, -0.25) is 9.69 Å². The van der Waals surface area contributed by atoms with E-state index in [0.717, 1.165) is 0 Å². The third-order valence-corrected chi connectivity index (χ3v) is 2.61. The Hall–Kier alpha value is -0.610. The molecule has 0 spiro atoms. The summed E-state index contributed by atoms with van der Waals surface area (Å²) in [6, 6.07) is -0.500. The minimum Gasteiger partial charge on any atom is -0.480 e. The van der Waals surface area contributed by atoms with Gasteiger partial charge in [0.25, 0.3) is 0 Å². The highest BCUT2D eigenvalue weighted by atomic mass is 16.4. The molecule has 4 nitrogen and oxygen atoms in total. The first kappa shape index (κ1) is 11.5. The molecule has 0 aromatic carbocycles. The lowest BCUT2D eigenvalue weighted by Crippen LogP contribution is -2.48. The summed E-state index contributed by atoms with van der Waals surface area (Å²) in [6.45, 7) is 6.90. The Morgan fingerprint density at radius 1 is 1.50 bits per heavy atom. The molecule has 14 heavy (non-hydrogen) atoms. The molecule has 0 aromatic heterocycles. The second-order valence-electron chi connectivity index (χ2n) is 5.04. The Kier molecular flexibility index (Phi) is 3.17. The predicted octanol–water partition coefficient (Wildman–Crippen LogP) is 0.552. The van der Waals surface area contributed by atoms with Crippen LogP contribution in [0.3, 0.4) is 0 Å². The molecular weight excluding hydrogens is 182 g/mol. The van der Waals surface area contributed by atoms with Crippen LogP contribution in [-0.2, 0) is 4.79 Å². The fraction of sp³-hybridized carbons (Fsp3) is 0.900. The van der Waals surface area contributed by atoms with Gasteiger partial charge < -0.3 is 10.2 Å². The smallest absolute Gasteiger partial charge is 0.321 e. The number of aliphatic hydroxyl groups excluding tert-OH is 1. The van der Waals surface area contributed by atoms with Crippen LogP contribution in [0.25, 0.3) is 0 Å². The molecule has 1 aliphatic rings. The Bertz CT molecular complexity index is 222. The molecule has 2 N–H and O–H groups in total. The minimum absolute atomic E-state index is 0.296. The van der Waals surface area contributed by atoms with Gasteiger partial charge in [0.15, 0.2) is 0 Å². The van der Waals surface area contributed by atoms with Crippen molar-refractivity contribution in [2.24, 2.45) is 5.41 Å². The summed E-state index contributed by atoms with van der Waals surface area (Å²) in [6.07, 6.45) is 0.319. The molecule has 1 aliphatic heterocycles. The first-order chi connectivity index (χ1) is 6.32. The van der Waals surface area contributed by atoms with Crippen LogP contribution in [-0.4, -0.2) is 46.3 Å². The molecule has 1 heterocycles. The molecule has 4 heteroatoms. The molecule has 0 bridgehead atoms. The maximum atomic E-state index is 11.1. The lowest BCUT2D eigenvalue weighted by Gasteiger charge is -2.34.